The Hall–Kier alpha value is -7.83. The largest absolute Gasteiger partial charge is 0.456 e. The molecule has 0 amide bonds. The Labute approximate surface area is 325 Å². The molecule has 0 spiro atoms. The van der Waals surface area contributed by atoms with Crippen LogP contribution in [0.5, 0.6) is 0 Å². The molecule has 6 heteroatoms. The first kappa shape index (κ1) is 31.5. The third-order valence-corrected chi connectivity index (χ3v) is 11.1. The second-order valence-electron chi connectivity index (χ2n) is 14.4. The van der Waals surface area contributed by atoms with Gasteiger partial charge in [0.05, 0.1) is 11.0 Å². The minimum atomic E-state index is 0.554. The summed E-state index contributed by atoms with van der Waals surface area (Å²) in [6, 6.07) is 62.8. The van der Waals surface area contributed by atoms with Crippen molar-refractivity contribution in [1.29, 1.82) is 0 Å². The van der Waals surface area contributed by atoms with Crippen LogP contribution in [0, 0.1) is 0 Å². The van der Waals surface area contributed by atoms with Gasteiger partial charge in [-0.2, -0.15) is 0 Å². The van der Waals surface area contributed by atoms with E-state index >= 15 is 0 Å². The Morgan fingerprint density at radius 3 is 1.79 bits per heavy atom. The monoisotopic (exact) mass is 730 g/mol. The highest BCUT2D eigenvalue weighted by molar-refractivity contribution is 6.12. The topological polar surface area (TPSA) is 69.9 Å². The fraction of sp³-hybridized carbons (Fsp3) is 0. The first-order chi connectivity index (χ1) is 28.2. The Balaban J connectivity index is 1.07. The Morgan fingerprint density at radius 2 is 0.930 bits per heavy atom. The molecule has 12 rings (SSSR count). The first-order valence-corrected chi connectivity index (χ1v) is 19.0. The minimum absolute atomic E-state index is 0.554. The molecule has 12 aromatic rings. The van der Waals surface area contributed by atoms with Crippen molar-refractivity contribution in [2.24, 2.45) is 0 Å². The van der Waals surface area contributed by atoms with Crippen LogP contribution in [-0.2, 0) is 0 Å². The summed E-state index contributed by atoms with van der Waals surface area (Å²) >= 11 is 0. The number of fused-ring (bicyclic) bond motifs is 9. The molecule has 0 atom stereocenters. The zero-order chi connectivity index (χ0) is 37.5. The molecule has 4 aromatic heterocycles. The molecule has 0 aliphatic rings. The van der Waals surface area contributed by atoms with Crippen molar-refractivity contribution in [3.05, 3.63) is 182 Å². The van der Waals surface area contributed by atoms with Gasteiger partial charge in [0.15, 0.2) is 17.5 Å². The Bertz CT molecular complexity index is 3540. The van der Waals surface area contributed by atoms with E-state index in [-0.39, 0.29) is 0 Å². The summed E-state index contributed by atoms with van der Waals surface area (Å²) in [6.07, 6.45) is 0. The van der Waals surface area contributed by atoms with E-state index in [1.807, 2.05) is 54.6 Å². The standard InChI is InChI=1S/C51H30N4O2/c1-2-12-31(13-3-1)32-25-27-43-41(29-32)36-16-4-7-20-42(36)55(43)35-15-10-14-33(28-35)49-52-50(34-24-26-38-37-17-5-8-21-44(37)57-47(38)30-34)54-51(53-49)40-19-11-23-46-48(40)39-18-6-9-22-45(39)56-46/h1-30H. The Kier molecular flexibility index (Phi) is 6.83. The van der Waals surface area contributed by atoms with Gasteiger partial charge < -0.3 is 13.4 Å². The van der Waals surface area contributed by atoms with Crippen molar-refractivity contribution in [2.45, 2.75) is 0 Å². The number of hydrogen-bond donors (Lipinski definition) is 0. The predicted octanol–water partition coefficient (Wildman–Crippen LogP) is 13.4. The van der Waals surface area contributed by atoms with E-state index in [0.717, 1.165) is 77.3 Å². The van der Waals surface area contributed by atoms with Crippen LogP contribution in [0.25, 0.3) is 117 Å². The van der Waals surface area contributed by atoms with Gasteiger partial charge in [0, 0.05) is 54.7 Å². The van der Waals surface area contributed by atoms with Gasteiger partial charge in [-0.1, -0.05) is 121 Å². The van der Waals surface area contributed by atoms with E-state index in [2.05, 4.69) is 132 Å². The summed E-state index contributed by atoms with van der Waals surface area (Å²) in [7, 11) is 0. The third kappa shape index (κ3) is 5.01. The zero-order valence-corrected chi connectivity index (χ0v) is 30.4. The molecule has 0 aliphatic heterocycles. The summed E-state index contributed by atoms with van der Waals surface area (Å²) < 4.78 is 14.9. The van der Waals surface area contributed by atoms with Gasteiger partial charge in [0.1, 0.15) is 22.3 Å². The molecule has 0 fully saturated rings. The predicted molar refractivity (Wildman–Crippen MR) is 230 cm³/mol. The van der Waals surface area contributed by atoms with Gasteiger partial charge in [0.25, 0.3) is 0 Å². The van der Waals surface area contributed by atoms with Crippen LogP contribution in [0.15, 0.2) is 191 Å². The highest BCUT2D eigenvalue weighted by Gasteiger charge is 2.20. The van der Waals surface area contributed by atoms with Crippen LogP contribution in [0.2, 0.25) is 0 Å². The summed E-state index contributed by atoms with van der Waals surface area (Å²) in [4.78, 5) is 15.6. The molecule has 0 bridgehead atoms. The van der Waals surface area contributed by atoms with Gasteiger partial charge in [-0.3, -0.25) is 0 Å². The highest BCUT2D eigenvalue weighted by Crippen LogP contribution is 2.39. The second-order valence-corrected chi connectivity index (χ2v) is 14.4. The quantitative estimate of drug-likeness (QED) is 0.176. The zero-order valence-electron chi connectivity index (χ0n) is 30.4. The van der Waals surface area contributed by atoms with E-state index in [1.165, 1.54) is 21.9 Å². The molecule has 0 N–H and O–H groups in total. The van der Waals surface area contributed by atoms with Crippen LogP contribution in [0.4, 0.5) is 0 Å². The van der Waals surface area contributed by atoms with Crippen molar-refractivity contribution in [3.63, 3.8) is 0 Å². The molecule has 6 nitrogen and oxygen atoms in total. The van der Waals surface area contributed by atoms with E-state index in [0.29, 0.717) is 17.5 Å². The molecule has 0 radical (unpaired) electrons. The van der Waals surface area contributed by atoms with Gasteiger partial charge in [-0.25, -0.2) is 15.0 Å². The van der Waals surface area contributed by atoms with Crippen LogP contribution in [0.1, 0.15) is 0 Å². The lowest BCUT2D eigenvalue weighted by Crippen LogP contribution is -2.01. The van der Waals surface area contributed by atoms with Crippen molar-refractivity contribution in [2.75, 3.05) is 0 Å². The van der Waals surface area contributed by atoms with Gasteiger partial charge in [0.2, 0.25) is 0 Å². The minimum Gasteiger partial charge on any atom is -0.456 e. The number of para-hydroxylation sites is 3. The fourth-order valence-corrected chi connectivity index (χ4v) is 8.43. The maximum atomic E-state index is 6.31. The molecular formula is C51H30N4O2. The maximum absolute atomic E-state index is 6.31. The summed E-state index contributed by atoms with van der Waals surface area (Å²) in [5.41, 5.74) is 11.5. The smallest absolute Gasteiger partial charge is 0.164 e. The summed E-state index contributed by atoms with van der Waals surface area (Å²) in [5, 5.41) is 6.50. The van der Waals surface area contributed by atoms with E-state index in [4.69, 9.17) is 23.8 Å². The number of aromatic nitrogens is 4. The van der Waals surface area contributed by atoms with Crippen LogP contribution in [0.3, 0.4) is 0 Å². The molecule has 57 heavy (non-hydrogen) atoms. The van der Waals surface area contributed by atoms with E-state index in [1.54, 1.807) is 0 Å². The summed E-state index contributed by atoms with van der Waals surface area (Å²) in [6.45, 7) is 0. The Morgan fingerprint density at radius 1 is 0.333 bits per heavy atom. The van der Waals surface area contributed by atoms with E-state index < -0.39 is 0 Å². The molecular weight excluding hydrogens is 701 g/mol. The number of benzene rings is 8. The van der Waals surface area contributed by atoms with Gasteiger partial charge >= 0.3 is 0 Å². The van der Waals surface area contributed by atoms with Crippen LogP contribution in [-0.4, -0.2) is 19.5 Å². The lowest BCUT2D eigenvalue weighted by Gasteiger charge is -2.12. The fourth-order valence-electron chi connectivity index (χ4n) is 8.43. The number of furan rings is 2. The molecule has 0 aliphatic carbocycles. The SMILES string of the molecule is c1ccc(-c2ccc3c(c2)c2ccccc2n3-c2cccc(-c3nc(-c4ccc5c(c4)oc4ccccc45)nc(-c4cccc5oc6ccccc6c45)n3)c2)cc1. The average Bonchev–Trinajstić information content (AvgIpc) is 3.95. The second kappa shape index (κ2) is 12.3. The molecule has 266 valence electrons. The number of nitrogens with zero attached hydrogens (tertiary/aromatic N) is 4. The number of rotatable bonds is 5. The van der Waals surface area contributed by atoms with Crippen molar-refractivity contribution < 1.29 is 8.83 Å². The molecule has 8 aromatic carbocycles. The van der Waals surface area contributed by atoms with Crippen molar-refractivity contribution in [1.82, 2.24) is 19.5 Å². The van der Waals surface area contributed by atoms with Crippen molar-refractivity contribution >= 4 is 65.7 Å². The molecule has 0 saturated carbocycles. The number of hydrogen-bond acceptors (Lipinski definition) is 5. The van der Waals surface area contributed by atoms with E-state index in [9.17, 15) is 0 Å². The molecule has 0 unspecified atom stereocenters. The lowest BCUT2D eigenvalue weighted by atomic mass is 10.0. The lowest BCUT2D eigenvalue weighted by molar-refractivity contribution is 0.668. The van der Waals surface area contributed by atoms with Gasteiger partial charge in [-0.05, 0) is 71.8 Å². The highest BCUT2D eigenvalue weighted by atomic mass is 16.3. The normalized spacial score (nSPS) is 11.9. The average molecular weight is 731 g/mol. The maximum Gasteiger partial charge on any atom is 0.164 e. The van der Waals surface area contributed by atoms with Gasteiger partial charge in [-0.15, -0.1) is 0 Å². The third-order valence-electron chi connectivity index (χ3n) is 11.1. The summed E-state index contributed by atoms with van der Waals surface area (Å²) in [5.74, 6) is 1.68. The van der Waals surface area contributed by atoms with Crippen LogP contribution < -0.4 is 0 Å². The molecule has 0 saturated heterocycles. The van der Waals surface area contributed by atoms with Crippen LogP contribution >= 0.6 is 0 Å². The molecule has 4 heterocycles. The van der Waals surface area contributed by atoms with Crippen molar-refractivity contribution in [3.8, 4) is 51.0 Å². The first-order valence-electron chi connectivity index (χ1n) is 19.0.